The lowest BCUT2D eigenvalue weighted by Crippen LogP contribution is -2.09. The van der Waals surface area contributed by atoms with Gasteiger partial charge >= 0.3 is 5.97 Å². The van der Waals surface area contributed by atoms with Gasteiger partial charge in [0, 0.05) is 18.0 Å². The van der Waals surface area contributed by atoms with Gasteiger partial charge in [0.05, 0.1) is 5.56 Å². The molecule has 0 radical (unpaired) electrons. The summed E-state index contributed by atoms with van der Waals surface area (Å²) in [5.41, 5.74) is 5.80. The number of carbonyl (C=O) groups excluding carboxylic acids is 1. The maximum Gasteiger partial charge on any atom is 0.335 e. The molecule has 18 heavy (non-hydrogen) atoms. The van der Waals surface area contributed by atoms with Crippen LogP contribution in [-0.4, -0.2) is 22.0 Å². The van der Waals surface area contributed by atoms with Crippen LogP contribution >= 0.6 is 0 Å². The van der Waals surface area contributed by atoms with Gasteiger partial charge in [-0.25, -0.2) is 4.79 Å². The minimum atomic E-state index is -0.919. The van der Waals surface area contributed by atoms with Gasteiger partial charge in [0.15, 0.2) is 0 Å². The maximum atomic E-state index is 10.4. The molecule has 1 aromatic heterocycles. The second-order valence-electron chi connectivity index (χ2n) is 3.27. The van der Waals surface area contributed by atoms with Crippen molar-refractivity contribution in [3.63, 3.8) is 0 Å². The number of hydrogen-bond acceptors (Lipinski definition) is 3. The van der Waals surface area contributed by atoms with Crippen LogP contribution in [0.3, 0.4) is 0 Å². The van der Waals surface area contributed by atoms with Crippen LogP contribution < -0.4 is 5.73 Å². The first-order valence-electron chi connectivity index (χ1n) is 5.09. The fourth-order valence-electron chi connectivity index (χ4n) is 1.10. The number of amides is 1. The van der Waals surface area contributed by atoms with E-state index in [4.69, 9.17) is 10.8 Å². The highest BCUT2D eigenvalue weighted by Gasteiger charge is 1.97. The molecule has 1 amide bonds. The topological polar surface area (TPSA) is 93.3 Å². The van der Waals surface area contributed by atoms with Gasteiger partial charge in [0.1, 0.15) is 0 Å². The standard InChI is InChI=1S/C7H7NO.C6H5NO2/c8-7(9)6-4-2-1-3-5-6;8-6(9)5-1-3-7-4-2-5/h1-5H,(H2,8,9);1-4H,(H,8,9). The van der Waals surface area contributed by atoms with Crippen LogP contribution in [0.25, 0.3) is 0 Å². The Balaban J connectivity index is 0.000000180. The number of benzene rings is 1. The molecule has 2 aromatic rings. The first kappa shape index (κ1) is 13.4. The molecule has 0 spiro atoms. The van der Waals surface area contributed by atoms with E-state index in [0.29, 0.717) is 5.56 Å². The van der Waals surface area contributed by atoms with Crippen molar-refractivity contribution >= 4 is 11.9 Å². The molecule has 0 bridgehead atoms. The predicted octanol–water partition coefficient (Wildman–Crippen LogP) is 1.57. The summed E-state index contributed by atoms with van der Waals surface area (Å²) in [7, 11) is 0. The van der Waals surface area contributed by atoms with E-state index >= 15 is 0 Å². The lowest BCUT2D eigenvalue weighted by atomic mass is 10.2. The number of rotatable bonds is 2. The number of primary amides is 1. The molecular weight excluding hydrogens is 232 g/mol. The number of pyridine rings is 1. The molecule has 92 valence electrons. The summed E-state index contributed by atoms with van der Waals surface area (Å²) < 4.78 is 0. The highest BCUT2D eigenvalue weighted by Crippen LogP contribution is 1.95. The first-order chi connectivity index (χ1) is 8.61. The molecule has 0 aliphatic heterocycles. The van der Waals surface area contributed by atoms with E-state index in [2.05, 4.69) is 4.98 Å². The Labute approximate surface area is 104 Å². The Kier molecular flexibility index (Phi) is 5.05. The van der Waals surface area contributed by atoms with Crippen molar-refractivity contribution in [3.05, 3.63) is 66.0 Å². The molecule has 0 saturated heterocycles. The average molecular weight is 244 g/mol. The number of aromatic carboxylic acids is 1. The van der Waals surface area contributed by atoms with Crippen molar-refractivity contribution in [2.24, 2.45) is 5.73 Å². The fraction of sp³-hybridized carbons (Fsp3) is 0. The number of nitrogens with two attached hydrogens (primary N) is 1. The van der Waals surface area contributed by atoms with Gasteiger partial charge in [0.2, 0.25) is 5.91 Å². The van der Waals surface area contributed by atoms with E-state index in [1.54, 1.807) is 24.3 Å². The molecule has 3 N–H and O–H groups in total. The molecule has 1 heterocycles. The van der Waals surface area contributed by atoms with E-state index < -0.39 is 5.97 Å². The normalized spacial score (nSPS) is 8.89. The van der Waals surface area contributed by atoms with Gasteiger partial charge in [-0.05, 0) is 24.3 Å². The zero-order valence-electron chi connectivity index (χ0n) is 9.48. The predicted molar refractivity (Wildman–Crippen MR) is 66.2 cm³/mol. The maximum absolute atomic E-state index is 10.4. The summed E-state index contributed by atoms with van der Waals surface area (Å²) in [6, 6.07) is 11.7. The van der Waals surface area contributed by atoms with E-state index in [1.807, 2.05) is 6.07 Å². The number of nitrogens with zero attached hydrogens (tertiary/aromatic N) is 1. The monoisotopic (exact) mass is 244 g/mol. The Morgan fingerprint density at radius 1 is 0.944 bits per heavy atom. The van der Waals surface area contributed by atoms with E-state index in [1.165, 1.54) is 24.5 Å². The lowest BCUT2D eigenvalue weighted by Gasteiger charge is -1.89. The van der Waals surface area contributed by atoms with Crippen LogP contribution in [0.2, 0.25) is 0 Å². The van der Waals surface area contributed by atoms with E-state index in [-0.39, 0.29) is 11.5 Å². The molecule has 2 rings (SSSR count). The van der Waals surface area contributed by atoms with E-state index in [9.17, 15) is 9.59 Å². The van der Waals surface area contributed by atoms with Crippen molar-refractivity contribution in [1.29, 1.82) is 0 Å². The third kappa shape index (κ3) is 4.44. The van der Waals surface area contributed by atoms with Crippen LogP contribution in [0, 0.1) is 0 Å². The van der Waals surface area contributed by atoms with Gasteiger partial charge in [-0.2, -0.15) is 0 Å². The molecule has 0 fully saturated rings. The van der Waals surface area contributed by atoms with E-state index in [0.717, 1.165) is 0 Å². The Morgan fingerprint density at radius 2 is 1.50 bits per heavy atom. The third-order valence-electron chi connectivity index (χ3n) is 1.99. The molecule has 0 saturated carbocycles. The van der Waals surface area contributed by atoms with Crippen molar-refractivity contribution in [2.75, 3.05) is 0 Å². The van der Waals surface area contributed by atoms with Crippen LogP contribution in [-0.2, 0) is 0 Å². The molecule has 0 unspecified atom stereocenters. The van der Waals surface area contributed by atoms with Gasteiger partial charge in [-0.1, -0.05) is 18.2 Å². The molecule has 1 aromatic carbocycles. The second-order valence-corrected chi connectivity index (χ2v) is 3.27. The van der Waals surface area contributed by atoms with Crippen LogP contribution in [0.5, 0.6) is 0 Å². The van der Waals surface area contributed by atoms with Crippen molar-refractivity contribution in [3.8, 4) is 0 Å². The lowest BCUT2D eigenvalue weighted by molar-refractivity contribution is 0.0696. The molecule has 0 aliphatic rings. The summed E-state index contributed by atoms with van der Waals surface area (Å²) in [6.07, 6.45) is 2.90. The second kappa shape index (κ2) is 6.80. The van der Waals surface area contributed by atoms with Gasteiger partial charge in [-0.3, -0.25) is 9.78 Å². The quantitative estimate of drug-likeness (QED) is 0.838. The highest BCUT2D eigenvalue weighted by atomic mass is 16.4. The minimum absolute atomic E-state index is 0.269. The summed E-state index contributed by atoms with van der Waals surface area (Å²) in [4.78, 5) is 24.3. The molecule has 0 atom stereocenters. The number of aromatic nitrogens is 1. The summed E-state index contributed by atoms with van der Waals surface area (Å²) in [5, 5.41) is 8.36. The smallest absolute Gasteiger partial charge is 0.335 e. The molecular formula is C13H12N2O3. The summed E-state index contributed by atoms with van der Waals surface area (Å²) >= 11 is 0. The molecule has 5 nitrogen and oxygen atoms in total. The Morgan fingerprint density at radius 3 is 1.83 bits per heavy atom. The van der Waals surface area contributed by atoms with Crippen LogP contribution in [0.1, 0.15) is 20.7 Å². The number of carbonyl (C=O) groups is 2. The minimum Gasteiger partial charge on any atom is -0.478 e. The highest BCUT2D eigenvalue weighted by molar-refractivity contribution is 5.92. The van der Waals surface area contributed by atoms with Crippen molar-refractivity contribution in [2.45, 2.75) is 0 Å². The third-order valence-corrected chi connectivity index (χ3v) is 1.99. The number of carboxylic acid groups (broad SMARTS) is 1. The Hall–Kier alpha value is -2.69. The van der Waals surface area contributed by atoms with Crippen molar-refractivity contribution < 1.29 is 14.7 Å². The molecule has 5 heteroatoms. The first-order valence-corrected chi connectivity index (χ1v) is 5.09. The average Bonchev–Trinajstić information content (AvgIpc) is 2.41. The summed E-state index contributed by atoms with van der Waals surface area (Å²) in [5.74, 6) is -1.30. The largest absolute Gasteiger partial charge is 0.478 e. The fourth-order valence-corrected chi connectivity index (χ4v) is 1.10. The Bertz CT molecular complexity index is 463. The summed E-state index contributed by atoms with van der Waals surface area (Å²) in [6.45, 7) is 0. The van der Waals surface area contributed by atoms with Crippen molar-refractivity contribution in [1.82, 2.24) is 4.98 Å². The number of carboxylic acids is 1. The zero-order chi connectivity index (χ0) is 13.4. The molecule has 0 aliphatic carbocycles. The van der Waals surface area contributed by atoms with Crippen LogP contribution in [0.15, 0.2) is 54.9 Å². The van der Waals surface area contributed by atoms with Gasteiger partial charge in [-0.15, -0.1) is 0 Å². The zero-order valence-corrected chi connectivity index (χ0v) is 9.48. The van der Waals surface area contributed by atoms with Crippen LogP contribution in [0.4, 0.5) is 0 Å². The van der Waals surface area contributed by atoms with Gasteiger partial charge in [0.25, 0.3) is 0 Å². The SMILES string of the molecule is NC(=O)c1ccccc1.O=C(O)c1ccncc1. The number of hydrogen-bond donors (Lipinski definition) is 2. The van der Waals surface area contributed by atoms with Gasteiger partial charge < -0.3 is 10.8 Å².